The van der Waals surface area contributed by atoms with Crippen molar-refractivity contribution in [1.82, 2.24) is 19.4 Å². The van der Waals surface area contributed by atoms with Crippen molar-refractivity contribution in [2.45, 2.75) is 62.9 Å². The van der Waals surface area contributed by atoms with E-state index in [1.807, 2.05) is 4.57 Å². The highest BCUT2D eigenvalue weighted by molar-refractivity contribution is 7.91. The van der Waals surface area contributed by atoms with Gasteiger partial charge < -0.3 is 14.2 Å². The molecule has 3 heterocycles. The van der Waals surface area contributed by atoms with E-state index >= 15 is 0 Å². The molecular weight excluding hydrogens is 388 g/mol. The zero-order valence-corrected chi connectivity index (χ0v) is 18.2. The summed E-state index contributed by atoms with van der Waals surface area (Å²) in [4.78, 5) is 9.46. The summed E-state index contributed by atoms with van der Waals surface area (Å²) in [6, 6.07) is 0. The summed E-state index contributed by atoms with van der Waals surface area (Å²) in [6.45, 7) is 7.73. The van der Waals surface area contributed by atoms with Crippen molar-refractivity contribution in [3.05, 3.63) is 11.9 Å². The number of nitrogens with zero attached hydrogens (tertiary/aromatic N) is 4. The van der Waals surface area contributed by atoms with E-state index in [-0.39, 0.29) is 17.0 Å². The van der Waals surface area contributed by atoms with Crippen LogP contribution in [-0.4, -0.2) is 79.0 Å². The molecule has 2 aliphatic carbocycles. The first-order valence-corrected chi connectivity index (χ1v) is 13.1. The van der Waals surface area contributed by atoms with Gasteiger partial charge >= 0.3 is 0 Å². The van der Waals surface area contributed by atoms with Gasteiger partial charge in [-0.15, -0.1) is 0 Å². The van der Waals surface area contributed by atoms with Crippen molar-refractivity contribution in [2.24, 2.45) is 11.8 Å². The van der Waals surface area contributed by atoms with Crippen LogP contribution in [0.3, 0.4) is 0 Å². The predicted octanol–water partition coefficient (Wildman–Crippen LogP) is 1.77. The van der Waals surface area contributed by atoms with E-state index < -0.39 is 9.84 Å². The van der Waals surface area contributed by atoms with Crippen molar-refractivity contribution in [2.75, 3.05) is 45.1 Å². The molecule has 0 N–H and O–H groups in total. The van der Waals surface area contributed by atoms with Crippen LogP contribution in [0.1, 0.15) is 44.2 Å². The second kappa shape index (κ2) is 8.29. The lowest BCUT2D eigenvalue weighted by atomic mass is 10.2. The molecule has 2 saturated carbocycles. The van der Waals surface area contributed by atoms with Crippen molar-refractivity contribution in [3.8, 4) is 0 Å². The summed E-state index contributed by atoms with van der Waals surface area (Å²) in [5.74, 6) is 1.51. The van der Waals surface area contributed by atoms with Crippen LogP contribution in [-0.2, 0) is 27.7 Å². The molecule has 0 amide bonds. The van der Waals surface area contributed by atoms with Crippen LogP contribution in [0.25, 0.3) is 0 Å². The van der Waals surface area contributed by atoms with Gasteiger partial charge in [0.2, 0.25) is 15.0 Å². The fourth-order valence-electron chi connectivity index (χ4n) is 4.65. The lowest BCUT2D eigenvalue weighted by molar-refractivity contribution is 0.0911. The number of hydrogen-bond donors (Lipinski definition) is 0. The fraction of sp³-hybridized carbons (Fsp3) is 0.857. The molecule has 1 aromatic heterocycles. The van der Waals surface area contributed by atoms with E-state index in [9.17, 15) is 8.42 Å². The minimum atomic E-state index is -3.34. The number of hydrogen-bond acceptors (Lipinski definition) is 6. The Labute approximate surface area is 174 Å². The third kappa shape index (κ3) is 5.03. The first-order chi connectivity index (χ1) is 14.1. The Balaban J connectivity index is 1.29. The van der Waals surface area contributed by atoms with Crippen LogP contribution in [0, 0.1) is 11.8 Å². The monoisotopic (exact) mass is 422 g/mol. The van der Waals surface area contributed by atoms with Crippen LogP contribution in [0.4, 0.5) is 0 Å². The van der Waals surface area contributed by atoms with Gasteiger partial charge in [-0.2, -0.15) is 0 Å². The molecule has 7 nitrogen and oxygen atoms in total. The Bertz CT molecular complexity index is 802. The molecular formula is C21H34N4O3S. The third-order valence-electron chi connectivity index (χ3n) is 6.81. The Morgan fingerprint density at radius 2 is 1.69 bits per heavy atom. The van der Waals surface area contributed by atoms with Crippen LogP contribution >= 0.6 is 0 Å². The standard InChI is InChI=1S/C21H34N4O3S/c26-29(27,16-18-5-6-18)21-22-12-19(25(21)15-20-2-1-11-28-20)14-24-9-7-23(8-10-24)13-17-3-4-17/h12,17-18,20H,1-11,13-16H2. The molecule has 0 spiro atoms. The highest BCUT2D eigenvalue weighted by Gasteiger charge is 2.34. The molecule has 2 saturated heterocycles. The molecule has 4 aliphatic rings. The molecule has 5 rings (SSSR count). The lowest BCUT2D eigenvalue weighted by Gasteiger charge is -2.34. The summed E-state index contributed by atoms with van der Waals surface area (Å²) in [5, 5.41) is 0.266. The number of rotatable bonds is 9. The largest absolute Gasteiger partial charge is 0.376 e. The first kappa shape index (κ1) is 20.0. The Morgan fingerprint density at radius 3 is 2.34 bits per heavy atom. The highest BCUT2D eigenvalue weighted by atomic mass is 32.2. The maximum Gasteiger partial charge on any atom is 0.227 e. The fourth-order valence-corrected chi connectivity index (χ4v) is 6.49. The van der Waals surface area contributed by atoms with Crippen molar-refractivity contribution in [1.29, 1.82) is 0 Å². The molecule has 1 atom stereocenters. The van der Waals surface area contributed by atoms with Crippen molar-refractivity contribution < 1.29 is 13.2 Å². The predicted molar refractivity (Wildman–Crippen MR) is 110 cm³/mol. The van der Waals surface area contributed by atoms with Gasteiger partial charge in [-0.25, -0.2) is 13.4 Å². The second-order valence-corrected chi connectivity index (χ2v) is 11.5. The number of aromatic nitrogens is 2. The zero-order chi connectivity index (χ0) is 19.8. The molecule has 162 valence electrons. The van der Waals surface area contributed by atoms with E-state index in [4.69, 9.17) is 4.74 Å². The Kier molecular flexibility index (Phi) is 5.71. The SMILES string of the molecule is O=S(=O)(CC1CC1)c1ncc(CN2CCN(CC3CC3)CC2)n1CC1CCCO1. The van der Waals surface area contributed by atoms with Gasteiger partial charge in [0.1, 0.15) is 0 Å². The molecule has 1 aromatic rings. The van der Waals surface area contributed by atoms with Crippen molar-refractivity contribution >= 4 is 9.84 Å². The van der Waals surface area contributed by atoms with Crippen LogP contribution < -0.4 is 0 Å². The molecule has 8 heteroatoms. The Morgan fingerprint density at radius 1 is 0.966 bits per heavy atom. The molecule has 0 radical (unpaired) electrons. The van der Waals surface area contributed by atoms with Crippen LogP contribution in [0.15, 0.2) is 11.4 Å². The van der Waals surface area contributed by atoms with Crippen molar-refractivity contribution in [3.63, 3.8) is 0 Å². The Hall–Kier alpha value is -0.960. The van der Waals surface area contributed by atoms with E-state index in [2.05, 4.69) is 14.8 Å². The van der Waals surface area contributed by atoms with E-state index in [0.717, 1.165) is 76.6 Å². The average Bonchev–Trinajstić information content (AvgIpc) is 3.59. The number of piperazine rings is 1. The first-order valence-electron chi connectivity index (χ1n) is 11.4. The number of imidazole rings is 1. The molecule has 1 unspecified atom stereocenters. The normalized spacial score (nSPS) is 27.0. The lowest BCUT2D eigenvalue weighted by Crippen LogP contribution is -2.46. The van der Waals surface area contributed by atoms with Gasteiger partial charge in [-0.1, -0.05) is 0 Å². The van der Waals surface area contributed by atoms with Gasteiger partial charge in [-0.05, 0) is 50.4 Å². The minimum Gasteiger partial charge on any atom is -0.376 e. The molecule has 0 aromatic carbocycles. The number of sulfone groups is 1. The molecule has 4 fully saturated rings. The van der Waals surface area contributed by atoms with E-state index in [1.54, 1.807) is 6.20 Å². The second-order valence-electron chi connectivity index (χ2n) is 9.52. The van der Waals surface area contributed by atoms with Gasteiger partial charge in [0.05, 0.1) is 30.3 Å². The van der Waals surface area contributed by atoms with E-state index in [1.165, 1.54) is 19.4 Å². The maximum atomic E-state index is 13.0. The van der Waals surface area contributed by atoms with Crippen LogP contribution in [0.5, 0.6) is 0 Å². The summed E-state index contributed by atoms with van der Waals surface area (Å²) in [7, 11) is -3.34. The smallest absolute Gasteiger partial charge is 0.227 e. The minimum absolute atomic E-state index is 0.105. The molecule has 2 aliphatic heterocycles. The molecule has 29 heavy (non-hydrogen) atoms. The maximum absolute atomic E-state index is 13.0. The van der Waals surface area contributed by atoms with Gasteiger partial charge in [0.25, 0.3) is 0 Å². The topological polar surface area (TPSA) is 67.7 Å². The summed E-state index contributed by atoms with van der Waals surface area (Å²) in [5.41, 5.74) is 1.02. The summed E-state index contributed by atoms with van der Waals surface area (Å²) in [6.07, 6.45) is 8.83. The van der Waals surface area contributed by atoms with Crippen LogP contribution in [0.2, 0.25) is 0 Å². The third-order valence-corrected chi connectivity index (χ3v) is 8.60. The number of ether oxygens (including phenoxy) is 1. The van der Waals surface area contributed by atoms with Gasteiger partial charge in [0, 0.05) is 45.9 Å². The molecule has 0 bridgehead atoms. The highest BCUT2D eigenvalue weighted by Crippen LogP contribution is 2.33. The zero-order valence-electron chi connectivity index (χ0n) is 17.3. The van der Waals surface area contributed by atoms with E-state index in [0.29, 0.717) is 12.5 Å². The average molecular weight is 423 g/mol. The summed E-state index contributed by atoms with van der Waals surface area (Å²) >= 11 is 0. The van der Waals surface area contributed by atoms with Gasteiger partial charge in [-0.3, -0.25) is 4.90 Å². The summed E-state index contributed by atoms with van der Waals surface area (Å²) < 4.78 is 33.8. The quantitative estimate of drug-likeness (QED) is 0.604. The van der Waals surface area contributed by atoms with Gasteiger partial charge in [0.15, 0.2) is 0 Å².